The molecule has 2 rings (SSSR count). The number of carbonyl (C=O) groups excluding carboxylic acids is 1. The molecule has 19 heavy (non-hydrogen) atoms. The maximum Gasteiger partial charge on any atom is 0.268 e. The Hall–Kier alpha value is -1.33. The van der Waals surface area contributed by atoms with Gasteiger partial charge in [-0.05, 0) is 39.7 Å². The molecule has 0 aliphatic carbocycles. The number of rotatable bonds is 3. The van der Waals surface area contributed by atoms with Crippen LogP contribution < -0.4 is 5.32 Å². The monoisotopic (exact) mass is 344 g/mol. The van der Waals surface area contributed by atoms with Gasteiger partial charge in [-0.1, -0.05) is 17.7 Å². The molecule has 0 saturated carbocycles. The molecule has 0 bridgehead atoms. The van der Waals surface area contributed by atoms with E-state index in [2.05, 4.69) is 21.2 Å². The van der Waals surface area contributed by atoms with Crippen LogP contribution in [0, 0.1) is 5.82 Å². The number of aryl methyl sites for hydroxylation is 1. The van der Waals surface area contributed by atoms with Gasteiger partial charge >= 0.3 is 0 Å². The van der Waals surface area contributed by atoms with Crippen LogP contribution in [0.15, 0.2) is 34.9 Å². The van der Waals surface area contributed by atoms with Crippen LogP contribution in [-0.4, -0.2) is 10.5 Å². The molecule has 0 saturated heterocycles. The number of hydrogen-bond donors (Lipinski definition) is 1. The van der Waals surface area contributed by atoms with Gasteiger partial charge in [-0.3, -0.25) is 4.79 Å². The molecule has 6 heteroatoms. The van der Waals surface area contributed by atoms with E-state index in [9.17, 15) is 9.18 Å². The van der Waals surface area contributed by atoms with E-state index < -0.39 is 5.82 Å². The standard InChI is InChI=1S/C13H11BrClFN2O/c1-18-7-9(14)5-12(18)13(19)17-6-8-2-3-11(16)10(15)4-8/h2-5,7H,6H2,1H3,(H,17,19). The highest BCUT2D eigenvalue weighted by Gasteiger charge is 2.10. The number of benzene rings is 1. The minimum atomic E-state index is -0.469. The number of amides is 1. The zero-order valence-electron chi connectivity index (χ0n) is 10.1. The number of carbonyl (C=O) groups is 1. The first-order valence-electron chi connectivity index (χ1n) is 5.51. The van der Waals surface area contributed by atoms with Crippen molar-refractivity contribution in [1.82, 2.24) is 9.88 Å². The average molecular weight is 346 g/mol. The van der Waals surface area contributed by atoms with Crippen LogP contribution >= 0.6 is 27.5 Å². The summed E-state index contributed by atoms with van der Waals surface area (Å²) in [5.74, 6) is -0.670. The lowest BCUT2D eigenvalue weighted by molar-refractivity contribution is 0.0943. The van der Waals surface area contributed by atoms with E-state index in [0.29, 0.717) is 12.2 Å². The third-order valence-corrected chi connectivity index (χ3v) is 3.36. The second-order valence-corrected chi connectivity index (χ2v) is 5.41. The summed E-state index contributed by atoms with van der Waals surface area (Å²) in [4.78, 5) is 11.9. The molecule has 0 unspecified atom stereocenters. The Labute approximate surface area is 123 Å². The predicted molar refractivity (Wildman–Crippen MR) is 75.7 cm³/mol. The molecule has 1 amide bonds. The molecule has 0 radical (unpaired) electrons. The SMILES string of the molecule is Cn1cc(Br)cc1C(=O)NCc1ccc(F)c(Cl)c1. The minimum absolute atomic E-state index is 0.0494. The molecule has 100 valence electrons. The summed E-state index contributed by atoms with van der Waals surface area (Å²) >= 11 is 8.98. The molecule has 1 aromatic carbocycles. The average Bonchev–Trinajstić information content (AvgIpc) is 2.70. The fraction of sp³-hybridized carbons (Fsp3) is 0.154. The van der Waals surface area contributed by atoms with Crippen LogP contribution in [0.3, 0.4) is 0 Å². The van der Waals surface area contributed by atoms with Crippen molar-refractivity contribution in [2.45, 2.75) is 6.54 Å². The largest absolute Gasteiger partial charge is 0.347 e. The van der Waals surface area contributed by atoms with Gasteiger partial charge in [-0.25, -0.2) is 4.39 Å². The molecular weight excluding hydrogens is 335 g/mol. The van der Waals surface area contributed by atoms with Gasteiger partial charge in [-0.2, -0.15) is 0 Å². The molecule has 0 aliphatic heterocycles. The van der Waals surface area contributed by atoms with E-state index in [1.54, 1.807) is 29.9 Å². The predicted octanol–water partition coefficient (Wildman–Crippen LogP) is 3.51. The molecule has 1 heterocycles. The van der Waals surface area contributed by atoms with E-state index in [1.165, 1.54) is 12.1 Å². The molecule has 0 atom stereocenters. The van der Waals surface area contributed by atoms with Crippen molar-refractivity contribution in [3.8, 4) is 0 Å². The van der Waals surface area contributed by atoms with E-state index >= 15 is 0 Å². The van der Waals surface area contributed by atoms with Crippen molar-refractivity contribution in [3.63, 3.8) is 0 Å². The molecule has 1 N–H and O–H groups in total. The number of halogens is 3. The van der Waals surface area contributed by atoms with Crippen molar-refractivity contribution in [1.29, 1.82) is 0 Å². The van der Waals surface area contributed by atoms with Crippen LogP contribution in [0.25, 0.3) is 0 Å². The highest BCUT2D eigenvalue weighted by molar-refractivity contribution is 9.10. The van der Waals surface area contributed by atoms with E-state index in [-0.39, 0.29) is 10.9 Å². The number of nitrogens with one attached hydrogen (secondary N) is 1. The smallest absolute Gasteiger partial charge is 0.268 e. The first kappa shape index (κ1) is 14.1. The number of nitrogens with zero attached hydrogens (tertiary/aromatic N) is 1. The van der Waals surface area contributed by atoms with Gasteiger partial charge in [0.05, 0.1) is 5.02 Å². The van der Waals surface area contributed by atoms with Crippen molar-refractivity contribution in [2.75, 3.05) is 0 Å². The molecule has 0 fully saturated rings. The lowest BCUT2D eigenvalue weighted by Gasteiger charge is -2.06. The Kier molecular flexibility index (Phi) is 4.27. The number of aromatic nitrogens is 1. The maximum absolute atomic E-state index is 13.0. The van der Waals surface area contributed by atoms with Crippen LogP contribution in [0.2, 0.25) is 5.02 Å². The van der Waals surface area contributed by atoms with Gasteiger partial charge in [0, 0.05) is 24.3 Å². The molecule has 0 aliphatic rings. The maximum atomic E-state index is 13.0. The third kappa shape index (κ3) is 3.36. The molecule has 0 spiro atoms. The summed E-state index contributed by atoms with van der Waals surface area (Å²) in [6, 6.07) is 6.09. The Balaban J connectivity index is 2.04. The van der Waals surface area contributed by atoms with E-state index in [4.69, 9.17) is 11.6 Å². The second kappa shape index (κ2) is 5.75. The highest BCUT2D eigenvalue weighted by atomic mass is 79.9. The topological polar surface area (TPSA) is 34.0 Å². The molecule has 1 aromatic heterocycles. The fourth-order valence-corrected chi connectivity index (χ4v) is 2.40. The summed E-state index contributed by atoms with van der Waals surface area (Å²) in [7, 11) is 1.79. The zero-order valence-corrected chi connectivity index (χ0v) is 12.4. The van der Waals surface area contributed by atoms with E-state index in [0.717, 1.165) is 10.0 Å². The van der Waals surface area contributed by atoms with Gasteiger partial charge in [0.15, 0.2) is 0 Å². The second-order valence-electron chi connectivity index (χ2n) is 4.09. The van der Waals surface area contributed by atoms with Gasteiger partial charge in [-0.15, -0.1) is 0 Å². The van der Waals surface area contributed by atoms with Gasteiger partial charge in [0.2, 0.25) is 0 Å². The summed E-state index contributed by atoms with van der Waals surface area (Å²) in [6.45, 7) is 0.293. The molecular formula is C13H11BrClFN2O. The first-order chi connectivity index (χ1) is 8.97. The van der Waals surface area contributed by atoms with Crippen LogP contribution in [0.5, 0.6) is 0 Å². The lowest BCUT2D eigenvalue weighted by Crippen LogP contribution is -2.24. The van der Waals surface area contributed by atoms with Crippen LogP contribution in [0.1, 0.15) is 16.1 Å². The van der Waals surface area contributed by atoms with Gasteiger partial charge in [0.25, 0.3) is 5.91 Å². The normalized spacial score (nSPS) is 10.5. The highest BCUT2D eigenvalue weighted by Crippen LogP contribution is 2.16. The Morgan fingerprint density at radius 2 is 2.21 bits per heavy atom. The third-order valence-electron chi connectivity index (χ3n) is 2.64. The van der Waals surface area contributed by atoms with Crippen molar-refractivity contribution >= 4 is 33.4 Å². The van der Waals surface area contributed by atoms with Crippen LogP contribution in [-0.2, 0) is 13.6 Å². The summed E-state index contributed by atoms with van der Waals surface area (Å²) in [5.41, 5.74) is 1.29. The van der Waals surface area contributed by atoms with Gasteiger partial charge < -0.3 is 9.88 Å². The van der Waals surface area contributed by atoms with E-state index in [1.807, 2.05) is 0 Å². The lowest BCUT2D eigenvalue weighted by atomic mass is 10.2. The van der Waals surface area contributed by atoms with Crippen molar-refractivity contribution in [3.05, 3.63) is 57.0 Å². The Morgan fingerprint density at radius 3 is 2.79 bits per heavy atom. The summed E-state index contributed by atoms with van der Waals surface area (Å²) in [5, 5.41) is 2.80. The van der Waals surface area contributed by atoms with Crippen molar-refractivity contribution in [2.24, 2.45) is 7.05 Å². The Bertz CT molecular complexity index is 627. The zero-order chi connectivity index (χ0) is 14.0. The quantitative estimate of drug-likeness (QED) is 0.907. The first-order valence-corrected chi connectivity index (χ1v) is 6.68. The Morgan fingerprint density at radius 1 is 1.47 bits per heavy atom. The van der Waals surface area contributed by atoms with Gasteiger partial charge in [0.1, 0.15) is 11.5 Å². The minimum Gasteiger partial charge on any atom is -0.347 e. The van der Waals surface area contributed by atoms with Crippen LogP contribution in [0.4, 0.5) is 4.39 Å². The van der Waals surface area contributed by atoms with Crippen molar-refractivity contribution < 1.29 is 9.18 Å². The fourth-order valence-electron chi connectivity index (χ4n) is 1.67. The molecule has 3 nitrogen and oxygen atoms in total. The summed E-state index contributed by atoms with van der Waals surface area (Å²) in [6.07, 6.45) is 1.80. The summed E-state index contributed by atoms with van der Waals surface area (Å²) < 4.78 is 15.5. The molecule has 2 aromatic rings. The number of hydrogen-bond acceptors (Lipinski definition) is 1.